The first-order valence-electron chi connectivity index (χ1n) is 10.3. The van der Waals surface area contributed by atoms with E-state index < -0.39 is 0 Å². The van der Waals surface area contributed by atoms with E-state index in [0.29, 0.717) is 16.7 Å². The summed E-state index contributed by atoms with van der Waals surface area (Å²) < 4.78 is 1.83. The maximum absolute atomic E-state index is 12.9. The first-order chi connectivity index (χ1) is 14.1. The fraction of sp³-hybridized carbons (Fsp3) is 0.524. The highest BCUT2D eigenvalue weighted by Crippen LogP contribution is 2.35. The van der Waals surface area contributed by atoms with E-state index in [9.17, 15) is 4.79 Å². The lowest BCUT2D eigenvalue weighted by Crippen LogP contribution is -2.31. The molecule has 4 rings (SSSR count). The van der Waals surface area contributed by atoms with Crippen LogP contribution in [-0.4, -0.2) is 42.7 Å². The van der Waals surface area contributed by atoms with Crippen molar-refractivity contribution in [3.63, 3.8) is 0 Å². The molecule has 0 bridgehead atoms. The van der Waals surface area contributed by atoms with Gasteiger partial charge in [-0.15, -0.1) is 16.4 Å². The Bertz CT molecular complexity index is 998. The van der Waals surface area contributed by atoms with Crippen LogP contribution in [0.4, 0.5) is 0 Å². The number of thiophene rings is 1. The Balaban J connectivity index is 1.47. The van der Waals surface area contributed by atoms with E-state index in [1.54, 1.807) is 11.3 Å². The highest BCUT2D eigenvalue weighted by Gasteiger charge is 2.30. The van der Waals surface area contributed by atoms with Crippen molar-refractivity contribution in [1.82, 2.24) is 24.5 Å². The number of amides is 1. The van der Waals surface area contributed by atoms with Gasteiger partial charge in [-0.1, -0.05) is 31.2 Å². The van der Waals surface area contributed by atoms with E-state index in [0.717, 1.165) is 50.0 Å². The fourth-order valence-electron chi connectivity index (χ4n) is 4.02. The van der Waals surface area contributed by atoms with Gasteiger partial charge < -0.3 is 4.90 Å². The quantitative estimate of drug-likeness (QED) is 0.514. The van der Waals surface area contributed by atoms with Gasteiger partial charge in [0.2, 0.25) is 11.1 Å². The minimum atomic E-state index is 0.161. The summed E-state index contributed by atoms with van der Waals surface area (Å²) in [7, 11) is 0. The van der Waals surface area contributed by atoms with Crippen LogP contribution in [0.5, 0.6) is 0 Å². The van der Waals surface area contributed by atoms with Gasteiger partial charge in [-0.3, -0.25) is 4.79 Å². The molecule has 0 N–H and O–H groups in total. The van der Waals surface area contributed by atoms with E-state index in [4.69, 9.17) is 0 Å². The van der Waals surface area contributed by atoms with E-state index in [1.807, 2.05) is 16.3 Å². The number of unbranched alkanes of at least 4 members (excludes halogenated alkanes) is 1. The zero-order chi connectivity index (χ0) is 20.4. The van der Waals surface area contributed by atoms with Crippen LogP contribution in [0.3, 0.4) is 0 Å². The summed E-state index contributed by atoms with van der Waals surface area (Å²) >= 11 is 3.14. The van der Waals surface area contributed by atoms with Crippen LogP contribution >= 0.6 is 23.1 Å². The SMILES string of the molecule is CCCCc1c(C)nc2nc(SCC(=O)N3CCCC3c3cccs3)nn2c1C. The van der Waals surface area contributed by atoms with Crippen LogP contribution < -0.4 is 0 Å². The number of aromatic nitrogens is 4. The first kappa shape index (κ1) is 20.3. The van der Waals surface area contributed by atoms with Crippen LogP contribution in [0.1, 0.15) is 60.5 Å². The summed E-state index contributed by atoms with van der Waals surface area (Å²) in [6.45, 7) is 7.15. The molecule has 1 aliphatic rings. The highest BCUT2D eigenvalue weighted by molar-refractivity contribution is 7.99. The number of carbonyl (C=O) groups excluding carboxylic acids is 1. The third-order valence-electron chi connectivity index (χ3n) is 5.58. The van der Waals surface area contributed by atoms with E-state index >= 15 is 0 Å². The monoisotopic (exact) mass is 429 g/mol. The molecular weight excluding hydrogens is 402 g/mol. The van der Waals surface area contributed by atoms with E-state index in [2.05, 4.69) is 46.4 Å². The maximum Gasteiger partial charge on any atom is 0.253 e. The van der Waals surface area contributed by atoms with Crippen LogP contribution in [0, 0.1) is 13.8 Å². The number of nitrogens with zero attached hydrogens (tertiary/aromatic N) is 5. The van der Waals surface area contributed by atoms with Crippen LogP contribution in [0.15, 0.2) is 22.7 Å². The third kappa shape index (κ3) is 4.19. The second-order valence-corrected chi connectivity index (χ2v) is 9.44. The average Bonchev–Trinajstić information content (AvgIpc) is 3.45. The number of fused-ring (bicyclic) bond motifs is 1. The van der Waals surface area contributed by atoms with Crippen LogP contribution in [-0.2, 0) is 11.2 Å². The molecule has 1 saturated heterocycles. The molecule has 1 amide bonds. The zero-order valence-corrected chi connectivity index (χ0v) is 18.9. The van der Waals surface area contributed by atoms with Crippen molar-refractivity contribution < 1.29 is 4.79 Å². The Morgan fingerprint density at radius 2 is 2.21 bits per heavy atom. The molecule has 1 atom stereocenters. The molecule has 0 aromatic carbocycles. The minimum Gasteiger partial charge on any atom is -0.334 e. The molecule has 154 valence electrons. The summed E-state index contributed by atoms with van der Waals surface area (Å²) in [5.74, 6) is 1.14. The fourth-order valence-corrected chi connectivity index (χ4v) is 5.60. The van der Waals surface area contributed by atoms with E-state index in [1.165, 1.54) is 22.2 Å². The number of hydrogen-bond donors (Lipinski definition) is 0. The Morgan fingerprint density at radius 1 is 1.34 bits per heavy atom. The number of carbonyl (C=O) groups is 1. The first-order valence-corrected chi connectivity index (χ1v) is 12.1. The molecular formula is C21H27N5OS2. The smallest absolute Gasteiger partial charge is 0.253 e. The van der Waals surface area contributed by atoms with Gasteiger partial charge in [0, 0.05) is 22.8 Å². The number of aryl methyl sites for hydroxylation is 2. The van der Waals surface area contributed by atoms with Crippen molar-refractivity contribution in [3.8, 4) is 0 Å². The molecule has 0 spiro atoms. The standard InChI is InChI=1S/C21H27N5OS2/c1-4-5-8-16-14(2)22-20-23-21(24-26(20)15(16)3)29-13-19(27)25-11-6-9-17(25)18-10-7-12-28-18/h7,10,12,17H,4-6,8-9,11,13H2,1-3H3. The minimum absolute atomic E-state index is 0.161. The van der Waals surface area contributed by atoms with E-state index in [-0.39, 0.29) is 11.9 Å². The van der Waals surface area contributed by atoms with Gasteiger partial charge in [-0.2, -0.15) is 4.98 Å². The molecule has 3 aromatic rings. The number of likely N-dealkylation sites (tertiary alicyclic amines) is 1. The molecule has 1 fully saturated rings. The van der Waals surface area contributed by atoms with Crippen molar-refractivity contribution in [1.29, 1.82) is 0 Å². The van der Waals surface area contributed by atoms with Crippen molar-refractivity contribution in [2.24, 2.45) is 0 Å². The molecule has 6 nitrogen and oxygen atoms in total. The van der Waals surface area contributed by atoms with Gasteiger partial charge >= 0.3 is 0 Å². The Labute approximate surface area is 179 Å². The Morgan fingerprint density at radius 3 is 2.97 bits per heavy atom. The maximum atomic E-state index is 12.9. The zero-order valence-electron chi connectivity index (χ0n) is 17.2. The topological polar surface area (TPSA) is 63.4 Å². The highest BCUT2D eigenvalue weighted by atomic mass is 32.2. The van der Waals surface area contributed by atoms with Gasteiger partial charge in [-0.05, 0) is 56.5 Å². The third-order valence-corrected chi connectivity index (χ3v) is 7.38. The summed E-state index contributed by atoms with van der Waals surface area (Å²) in [4.78, 5) is 25.4. The molecule has 0 radical (unpaired) electrons. The molecule has 1 aliphatic heterocycles. The van der Waals surface area contributed by atoms with Gasteiger partial charge in [0.05, 0.1) is 11.8 Å². The molecule has 8 heteroatoms. The number of thioether (sulfide) groups is 1. The summed E-state index contributed by atoms with van der Waals surface area (Å²) in [5.41, 5.74) is 3.39. The van der Waals surface area contributed by atoms with Crippen molar-refractivity contribution in [3.05, 3.63) is 39.3 Å². The number of rotatable bonds is 7. The van der Waals surface area contributed by atoms with Gasteiger partial charge in [0.1, 0.15) is 0 Å². The Kier molecular flexibility index (Phi) is 6.20. The molecule has 4 heterocycles. The normalized spacial score (nSPS) is 16.8. The van der Waals surface area contributed by atoms with Gasteiger partial charge in [-0.25, -0.2) is 9.50 Å². The van der Waals surface area contributed by atoms with Crippen molar-refractivity contribution in [2.45, 2.75) is 64.1 Å². The average molecular weight is 430 g/mol. The van der Waals surface area contributed by atoms with Crippen molar-refractivity contribution in [2.75, 3.05) is 12.3 Å². The Hall–Kier alpha value is -1.93. The summed E-state index contributed by atoms with van der Waals surface area (Å²) in [6, 6.07) is 4.41. The summed E-state index contributed by atoms with van der Waals surface area (Å²) in [5, 5.41) is 7.33. The number of hydrogen-bond acceptors (Lipinski definition) is 6. The predicted molar refractivity (Wildman–Crippen MR) is 118 cm³/mol. The van der Waals surface area contributed by atoms with Gasteiger partial charge in [0.25, 0.3) is 5.78 Å². The molecule has 0 saturated carbocycles. The lowest BCUT2D eigenvalue weighted by Gasteiger charge is -2.23. The molecule has 1 unspecified atom stereocenters. The largest absolute Gasteiger partial charge is 0.334 e. The van der Waals surface area contributed by atoms with Crippen LogP contribution in [0.25, 0.3) is 5.78 Å². The second-order valence-electron chi connectivity index (χ2n) is 7.52. The predicted octanol–water partition coefficient (Wildman–Crippen LogP) is 4.60. The lowest BCUT2D eigenvalue weighted by atomic mass is 10.1. The molecule has 0 aliphatic carbocycles. The van der Waals surface area contributed by atoms with Crippen LogP contribution in [0.2, 0.25) is 0 Å². The molecule has 3 aromatic heterocycles. The lowest BCUT2D eigenvalue weighted by molar-refractivity contribution is -0.129. The van der Waals surface area contributed by atoms with Crippen molar-refractivity contribution >= 4 is 34.8 Å². The summed E-state index contributed by atoms with van der Waals surface area (Å²) in [6.07, 6.45) is 5.42. The molecule has 29 heavy (non-hydrogen) atoms. The second kappa shape index (κ2) is 8.83. The van der Waals surface area contributed by atoms with Gasteiger partial charge in [0.15, 0.2) is 0 Å².